The van der Waals surface area contributed by atoms with E-state index in [4.69, 9.17) is 4.74 Å². The van der Waals surface area contributed by atoms with Gasteiger partial charge in [-0.05, 0) is 48.2 Å². The SMILES string of the molecule is CC(=O)Nc1ccc(Oc2ccccc2C=C2SC(=O)NC2=O)cc1. The lowest BCUT2D eigenvalue weighted by molar-refractivity contribution is -0.115. The molecule has 126 valence electrons. The number of carbonyl (C=O) groups is 3. The molecule has 7 heteroatoms. The Bertz CT molecular complexity index is 875. The molecule has 0 bridgehead atoms. The van der Waals surface area contributed by atoms with E-state index in [2.05, 4.69) is 10.6 Å². The minimum Gasteiger partial charge on any atom is -0.457 e. The number of thioether (sulfide) groups is 1. The highest BCUT2D eigenvalue weighted by Crippen LogP contribution is 2.31. The number of amides is 3. The Balaban J connectivity index is 1.82. The van der Waals surface area contributed by atoms with Crippen LogP contribution in [0.25, 0.3) is 6.08 Å². The van der Waals surface area contributed by atoms with Crippen LogP contribution in [0, 0.1) is 0 Å². The molecule has 1 saturated heterocycles. The van der Waals surface area contributed by atoms with Crippen molar-refractivity contribution in [1.29, 1.82) is 0 Å². The molecule has 1 aliphatic heterocycles. The number of imide groups is 1. The molecule has 25 heavy (non-hydrogen) atoms. The molecule has 1 fully saturated rings. The Morgan fingerprint density at radius 3 is 2.48 bits per heavy atom. The van der Waals surface area contributed by atoms with Crippen molar-refractivity contribution < 1.29 is 19.1 Å². The number of ether oxygens (including phenoxy) is 1. The summed E-state index contributed by atoms with van der Waals surface area (Å²) in [6.07, 6.45) is 1.62. The van der Waals surface area contributed by atoms with Crippen LogP contribution in [0.15, 0.2) is 53.4 Å². The Kier molecular flexibility index (Phi) is 4.85. The summed E-state index contributed by atoms with van der Waals surface area (Å²) in [6, 6.07) is 14.1. The lowest BCUT2D eigenvalue weighted by Gasteiger charge is -2.10. The molecule has 2 aromatic carbocycles. The molecule has 0 atom stereocenters. The van der Waals surface area contributed by atoms with Gasteiger partial charge in [-0.25, -0.2) is 0 Å². The normalized spacial score (nSPS) is 15.2. The highest BCUT2D eigenvalue weighted by atomic mass is 32.2. The number of hydrogen-bond donors (Lipinski definition) is 2. The predicted octanol–water partition coefficient (Wildman–Crippen LogP) is 3.76. The summed E-state index contributed by atoms with van der Waals surface area (Å²) < 4.78 is 5.86. The molecule has 0 saturated carbocycles. The van der Waals surface area contributed by atoms with Gasteiger partial charge in [0.1, 0.15) is 11.5 Å². The molecule has 3 amide bonds. The van der Waals surface area contributed by atoms with Crippen molar-refractivity contribution in [2.45, 2.75) is 6.92 Å². The second kappa shape index (κ2) is 7.23. The van der Waals surface area contributed by atoms with Gasteiger partial charge in [-0.15, -0.1) is 0 Å². The smallest absolute Gasteiger partial charge is 0.290 e. The van der Waals surface area contributed by atoms with Crippen LogP contribution in [0.2, 0.25) is 0 Å². The van der Waals surface area contributed by atoms with Gasteiger partial charge in [0.25, 0.3) is 11.1 Å². The molecule has 1 heterocycles. The van der Waals surface area contributed by atoms with Crippen molar-refractivity contribution in [2.75, 3.05) is 5.32 Å². The molecule has 0 aromatic heterocycles. The van der Waals surface area contributed by atoms with E-state index in [1.165, 1.54) is 6.92 Å². The van der Waals surface area contributed by atoms with Crippen LogP contribution < -0.4 is 15.4 Å². The van der Waals surface area contributed by atoms with Gasteiger partial charge < -0.3 is 10.1 Å². The second-order valence-electron chi connectivity index (χ2n) is 5.20. The first-order valence-electron chi connectivity index (χ1n) is 7.40. The number of carbonyl (C=O) groups excluding carboxylic acids is 3. The Morgan fingerprint density at radius 2 is 1.84 bits per heavy atom. The third kappa shape index (κ3) is 4.27. The van der Waals surface area contributed by atoms with Crippen molar-refractivity contribution in [2.24, 2.45) is 0 Å². The molecular weight excluding hydrogens is 340 g/mol. The van der Waals surface area contributed by atoms with E-state index in [-0.39, 0.29) is 11.1 Å². The zero-order valence-electron chi connectivity index (χ0n) is 13.2. The van der Waals surface area contributed by atoms with Crippen LogP contribution in [0.5, 0.6) is 11.5 Å². The van der Waals surface area contributed by atoms with Crippen molar-refractivity contribution in [1.82, 2.24) is 5.32 Å². The highest BCUT2D eigenvalue weighted by Gasteiger charge is 2.25. The van der Waals surface area contributed by atoms with Crippen LogP contribution in [0.1, 0.15) is 12.5 Å². The lowest BCUT2D eigenvalue weighted by atomic mass is 10.2. The van der Waals surface area contributed by atoms with Crippen LogP contribution in [0.4, 0.5) is 10.5 Å². The zero-order valence-corrected chi connectivity index (χ0v) is 14.1. The summed E-state index contributed by atoms with van der Waals surface area (Å²) in [7, 11) is 0. The van der Waals surface area contributed by atoms with Crippen LogP contribution in [-0.2, 0) is 9.59 Å². The third-order valence-electron chi connectivity index (χ3n) is 3.25. The van der Waals surface area contributed by atoms with Gasteiger partial charge in [0.05, 0.1) is 4.91 Å². The van der Waals surface area contributed by atoms with E-state index in [9.17, 15) is 14.4 Å². The average molecular weight is 354 g/mol. The Morgan fingerprint density at radius 1 is 1.12 bits per heavy atom. The van der Waals surface area contributed by atoms with E-state index < -0.39 is 5.91 Å². The summed E-state index contributed by atoms with van der Waals surface area (Å²) in [5.74, 6) is 0.576. The van der Waals surface area contributed by atoms with Crippen LogP contribution in [-0.4, -0.2) is 17.1 Å². The quantitative estimate of drug-likeness (QED) is 0.817. The summed E-state index contributed by atoms with van der Waals surface area (Å²) in [4.78, 5) is 34.3. The van der Waals surface area contributed by atoms with Gasteiger partial charge in [-0.3, -0.25) is 19.7 Å². The maximum atomic E-state index is 11.7. The van der Waals surface area contributed by atoms with Gasteiger partial charge in [-0.1, -0.05) is 18.2 Å². The summed E-state index contributed by atoms with van der Waals surface area (Å²) in [5.41, 5.74) is 1.36. The van der Waals surface area contributed by atoms with Gasteiger partial charge in [0.2, 0.25) is 5.91 Å². The van der Waals surface area contributed by atoms with Crippen molar-refractivity contribution in [3.05, 3.63) is 59.0 Å². The molecule has 2 N–H and O–H groups in total. The summed E-state index contributed by atoms with van der Waals surface area (Å²) in [6.45, 7) is 1.44. The maximum Gasteiger partial charge on any atom is 0.290 e. The van der Waals surface area contributed by atoms with Crippen LogP contribution in [0.3, 0.4) is 0 Å². The minimum absolute atomic E-state index is 0.146. The standard InChI is InChI=1S/C18H14N2O4S/c1-11(21)19-13-6-8-14(9-7-13)24-15-5-3-2-4-12(15)10-16-17(22)20-18(23)25-16/h2-10H,1H3,(H,19,21)(H,20,22,23). The highest BCUT2D eigenvalue weighted by molar-refractivity contribution is 8.18. The number of anilines is 1. The predicted molar refractivity (Wildman–Crippen MR) is 96.4 cm³/mol. The lowest BCUT2D eigenvalue weighted by Crippen LogP contribution is -2.17. The molecular formula is C18H14N2O4S. The molecule has 0 radical (unpaired) electrons. The van der Waals surface area contributed by atoms with E-state index in [0.29, 0.717) is 27.7 Å². The van der Waals surface area contributed by atoms with E-state index in [1.54, 1.807) is 42.5 Å². The topological polar surface area (TPSA) is 84.5 Å². The van der Waals surface area contributed by atoms with E-state index in [1.807, 2.05) is 12.1 Å². The summed E-state index contributed by atoms with van der Waals surface area (Å²) >= 11 is 0.857. The van der Waals surface area contributed by atoms with Crippen molar-refractivity contribution >= 4 is 40.6 Å². The first kappa shape index (κ1) is 16.8. The fourth-order valence-corrected chi connectivity index (χ4v) is 2.86. The van der Waals surface area contributed by atoms with E-state index >= 15 is 0 Å². The fraction of sp³-hybridized carbons (Fsp3) is 0.0556. The van der Waals surface area contributed by atoms with Gasteiger partial charge in [0, 0.05) is 18.2 Å². The average Bonchev–Trinajstić information content (AvgIpc) is 2.88. The number of rotatable bonds is 4. The number of nitrogens with one attached hydrogen (secondary N) is 2. The number of hydrogen-bond acceptors (Lipinski definition) is 5. The zero-order chi connectivity index (χ0) is 17.8. The molecule has 0 aliphatic carbocycles. The molecule has 0 unspecified atom stereocenters. The molecule has 0 spiro atoms. The largest absolute Gasteiger partial charge is 0.457 e. The number of para-hydroxylation sites is 1. The summed E-state index contributed by atoms with van der Waals surface area (Å²) in [5, 5.41) is 4.52. The Hall–Kier alpha value is -3.06. The molecule has 1 aliphatic rings. The second-order valence-corrected chi connectivity index (χ2v) is 6.21. The van der Waals surface area contributed by atoms with Crippen molar-refractivity contribution in [3.8, 4) is 11.5 Å². The monoisotopic (exact) mass is 354 g/mol. The number of benzene rings is 2. The molecule has 3 rings (SSSR count). The van der Waals surface area contributed by atoms with E-state index in [0.717, 1.165) is 11.8 Å². The maximum absolute atomic E-state index is 11.7. The molecule has 6 nitrogen and oxygen atoms in total. The first-order valence-corrected chi connectivity index (χ1v) is 8.22. The van der Waals surface area contributed by atoms with Crippen molar-refractivity contribution in [3.63, 3.8) is 0 Å². The minimum atomic E-state index is -0.413. The van der Waals surface area contributed by atoms with Crippen LogP contribution >= 0.6 is 11.8 Å². The Labute approximate surface area is 148 Å². The first-order chi connectivity index (χ1) is 12.0. The molecule has 2 aromatic rings. The third-order valence-corrected chi connectivity index (χ3v) is 4.06. The van der Waals surface area contributed by atoms with Gasteiger partial charge in [-0.2, -0.15) is 0 Å². The van der Waals surface area contributed by atoms with Gasteiger partial charge >= 0.3 is 0 Å². The fourth-order valence-electron chi connectivity index (χ4n) is 2.19. The van der Waals surface area contributed by atoms with Gasteiger partial charge in [0.15, 0.2) is 0 Å².